The predicted octanol–water partition coefficient (Wildman–Crippen LogP) is 2.38. The van der Waals surface area contributed by atoms with Crippen LogP contribution >= 0.6 is 0 Å². The zero-order valence-corrected chi connectivity index (χ0v) is 10.1. The second kappa shape index (κ2) is 5.31. The van der Waals surface area contributed by atoms with Crippen LogP contribution in [-0.4, -0.2) is 30.6 Å². The van der Waals surface area contributed by atoms with Gasteiger partial charge >= 0.3 is 0 Å². The van der Waals surface area contributed by atoms with Gasteiger partial charge in [0.05, 0.1) is 0 Å². The van der Waals surface area contributed by atoms with E-state index in [-0.39, 0.29) is 0 Å². The lowest BCUT2D eigenvalue weighted by Crippen LogP contribution is -2.41. The van der Waals surface area contributed by atoms with E-state index >= 15 is 0 Å². The van der Waals surface area contributed by atoms with Crippen LogP contribution in [0, 0.1) is 5.92 Å². The Bertz CT molecular complexity index is 181. The van der Waals surface area contributed by atoms with Crippen LogP contribution in [0.3, 0.4) is 0 Å². The molecule has 1 atom stereocenters. The summed E-state index contributed by atoms with van der Waals surface area (Å²) in [6, 6.07) is 1.26. The summed E-state index contributed by atoms with van der Waals surface area (Å²) >= 11 is 0. The highest BCUT2D eigenvalue weighted by atomic mass is 15.1. The fraction of sp³-hybridized carbons (Fsp3) is 1.00. The zero-order chi connectivity index (χ0) is 10.7. The summed E-state index contributed by atoms with van der Waals surface area (Å²) in [7, 11) is 2.28. The van der Waals surface area contributed by atoms with Crippen LogP contribution in [0.4, 0.5) is 0 Å². The first-order valence-electron chi connectivity index (χ1n) is 6.73. The molecule has 2 fully saturated rings. The zero-order valence-electron chi connectivity index (χ0n) is 10.1. The number of rotatable bonds is 4. The maximum absolute atomic E-state index is 6.18. The van der Waals surface area contributed by atoms with Crippen molar-refractivity contribution in [2.75, 3.05) is 13.6 Å². The Morgan fingerprint density at radius 3 is 2.20 bits per heavy atom. The molecule has 15 heavy (non-hydrogen) atoms. The third kappa shape index (κ3) is 3.46. The van der Waals surface area contributed by atoms with Crippen molar-refractivity contribution in [2.45, 2.75) is 63.5 Å². The quantitative estimate of drug-likeness (QED) is 0.722. The predicted molar refractivity (Wildman–Crippen MR) is 64.8 cm³/mol. The second-order valence-corrected chi connectivity index (χ2v) is 5.59. The molecule has 0 aromatic carbocycles. The van der Waals surface area contributed by atoms with Crippen LogP contribution < -0.4 is 5.73 Å². The molecule has 0 spiro atoms. The van der Waals surface area contributed by atoms with Gasteiger partial charge in [-0.2, -0.15) is 0 Å². The van der Waals surface area contributed by atoms with Crippen LogP contribution in [0.5, 0.6) is 0 Å². The second-order valence-electron chi connectivity index (χ2n) is 5.59. The molecule has 2 nitrogen and oxygen atoms in total. The molecule has 2 rings (SSSR count). The molecule has 0 saturated heterocycles. The van der Waals surface area contributed by atoms with Crippen molar-refractivity contribution in [3.8, 4) is 0 Å². The van der Waals surface area contributed by atoms with Crippen molar-refractivity contribution in [3.05, 3.63) is 0 Å². The summed E-state index contributed by atoms with van der Waals surface area (Å²) in [6.07, 6.45) is 11.3. The minimum Gasteiger partial charge on any atom is -0.326 e. The van der Waals surface area contributed by atoms with E-state index in [0.717, 1.165) is 18.5 Å². The Morgan fingerprint density at radius 1 is 1.07 bits per heavy atom. The van der Waals surface area contributed by atoms with Crippen LogP contribution in [0.25, 0.3) is 0 Å². The Balaban J connectivity index is 1.74. The normalized spacial score (nSPS) is 26.6. The van der Waals surface area contributed by atoms with E-state index in [1.54, 1.807) is 0 Å². The number of nitrogens with zero attached hydrogens (tertiary/aromatic N) is 1. The first-order chi connectivity index (χ1) is 7.27. The highest BCUT2D eigenvalue weighted by Crippen LogP contribution is 2.32. The molecule has 2 saturated carbocycles. The Kier molecular flexibility index (Phi) is 4.04. The monoisotopic (exact) mass is 210 g/mol. The maximum atomic E-state index is 6.18. The highest BCUT2D eigenvalue weighted by molar-refractivity contribution is 4.87. The van der Waals surface area contributed by atoms with Gasteiger partial charge in [-0.15, -0.1) is 0 Å². The maximum Gasteiger partial charge on any atom is 0.0196 e. The van der Waals surface area contributed by atoms with Crippen LogP contribution in [0.1, 0.15) is 51.4 Å². The van der Waals surface area contributed by atoms with Gasteiger partial charge in [0.15, 0.2) is 0 Å². The van der Waals surface area contributed by atoms with Crippen LogP contribution in [0.2, 0.25) is 0 Å². The minimum atomic E-state index is 0.443. The van der Waals surface area contributed by atoms with E-state index in [2.05, 4.69) is 11.9 Å². The molecule has 1 unspecified atom stereocenters. The topological polar surface area (TPSA) is 29.3 Å². The molecule has 0 radical (unpaired) electrons. The summed E-state index contributed by atoms with van der Waals surface area (Å²) in [5.74, 6) is 0.846. The summed E-state index contributed by atoms with van der Waals surface area (Å²) in [5.41, 5.74) is 6.18. The van der Waals surface area contributed by atoms with Crippen molar-refractivity contribution in [1.82, 2.24) is 4.90 Å². The highest BCUT2D eigenvalue weighted by Gasteiger charge is 2.30. The summed E-state index contributed by atoms with van der Waals surface area (Å²) in [4.78, 5) is 2.54. The fourth-order valence-electron chi connectivity index (χ4n) is 2.85. The average molecular weight is 210 g/mol. The third-order valence-corrected chi connectivity index (χ3v) is 4.17. The minimum absolute atomic E-state index is 0.443. The lowest BCUT2D eigenvalue weighted by Gasteiger charge is -2.29. The van der Waals surface area contributed by atoms with E-state index in [1.807, 2.05) is 0 Å². The summed E-state index contributed by atoms with van der Waals surface area (Å²) in [6.45, 7) is 1.12. The van der Waals surface area contributed by atoms with Crippen molar-refractivity contribution < 1.29 is 0 Å². The fourth-order valence-corrected chi connectivity index (χ4v) is 2.85. The molecule has 0 amide bonds. The van der Waals surface area contributed by atoms with Crippen LogP contribution in [0.15, 0.2) is 0 Å². The first kappa shape index (κ1) is 11.4. The Morgan fingerprint density at radius 2 is 1.67 bits per heavy atom. The molecule has 0 aromatic rings. The Labute approximate surface area is 94.2 Å². The van der Waals surface area contributed by atoms with Gasteiger partial charge in [-0.3, -0.25) is 0 Å². The molecular weight excluding hydrogens is 184 g/mol. The van der Waals surface area contributed by atoms with E-state index in [4.69, 9.17) is 5.73 Å². The number of likely N-dealkylation sites (N-methyl/N-ethyl adjacent to an activating group) is 1. The van der Waals surface area contributed by atoms with E-state index < -0.39 is 0 Å². The van der Waals surface area contributed by atoms with Gasteiger partial charge in [-0.1, -0.05) is 25.7 Å². The number of nitrogens with two attached hydrogens (primary N) is 1. The van der Waals surface area contributed by atoms with Crippen molar-refractivity contribution in [1.29, 1.82) is 0 Å². The van der Waals surface area contributed by atoms with E-state index in [9.17, 15) is 0 Å². The molecular formula is C13H26N2. The summed E-state index contributed by atoms with van der Waals surface area (Å²) in [5, 5.41) is 0. The standard InChI is InChI=1S/C13H26N2/c1-15(10-13(14)11-8-9-11)12-6-4-2-3-5-7-12/h11-13H,2-10,14H2,1H3. The molecule has 2 heteroatoms. The lowest BCUT2D eigenvalue weighted by molar-refractivity contribution is 0.203. The van der Waals surface area contributed by atoms with Crippen LogP contribution in [-0.2, 0) is 0 Å². The number of hydrogen-bond donors (Lipinski definition) is 1. The van der Waals surface area contributed by atoms with Crippen molar-refractivity contribution >= 4 is 0 Å². The summed E-state index contributed by atoms with van der Waals surface area (Å²) < 4.78 is 0. The molecule has 2 N–H and O–H groups in total. The first-order valence-corrected chi connectivity index (χ1v) is 6.73. The Hall–Kier alpha value is -0.0800. The van der Waals surface area contributed by atoms with Gasteiger partial charge in [0, 0.05) is 18.6 Å². The van der Waals surface area contributed by atoms with E-state index in [0.29, 0.717) is 6.04 Å². The van der Waals surface area contributed by atoms with Gasteiger partial charge in [-0.05, 0) is 38.6 Å². The lowest BCUT2D eigenvalue weighted by atomic mass is 10.1. The van der Waals surface area contributed by atoms with Gasteiger partial charge in [0.25, 0.3) is 0 Å². The van der Waals surface area contributed by atoms with Gasteiger partial charge in [0.1, 0.15) is 0 Å². The molecule has 88 valence electrons. The van der Waals surface area contributed by atoms with Crippen molar-refractivity contribution in [2.24, 2.45) is 11.7 Å². The van der Waals surface area contributed by atoms with E-state index in [1.165, 1.54) is 51.4 Å². The van der Waals surface area contributed by atoms with Crippen molar-refractivity contribution in [3.63, 3.8) is 0 Å². The molecule has 2 aliphatic carbocycles. The molecule has 0 aliphatic heterocycles. The van der Waals surface area contributed by atoms with Gasteiger partial charge in [0.2, 0.25) is 0 Å². The molecule has 0 aromatic heterocycles. The van der Waals surface area contributed by atoms with Gasteiger partial charge < -0.3 is 10.6 Å². The SMILES string of the molecule is CN(CC(N)C1CC1)C1CCCCCC1. The average Bonchev–Trinajstić information content (AvgIpc) is 3.05. The molecule has 2 aliphatic rings. The smallest absolute Gasteiger partial charge is 0.0196 e. The third-order valence-electron chi connectivity index (χ3n) is 4.17. The largest absolute Gasteiger partial charge is 0.326 e. The number of hydrogen-bond acceptors (Lipinski definition) is 2. The molecule has 0 heterocycles. The van der Waals surface area contributed by atoms with Gasteiger partial charge in [-0.25, -0.2) is 0 Å². The molecule has 0 bridgehead atoms.